The Morgan fingerprint density at radius 3 is 2.58 bits per heavy atom. The van der Waals surface area contributed by atoms with Crippen LogP contribution in [0.5, 0.6) is 11.5 Å². The van der Waals surface area contributed by atoms with E-state index in [0.29, 0.717) is 29.9 Å². The molecule has 3 aromatic carbocycles. The Balaban J connectivity index is 1.41. The molecule has 1 aromatic heterocycles. The fraction of sp³-hybridized carbons (Fsp3) is 0.182. The lowest BCUT2D eigenvalue weighted by Gasteiger charge is -2.26. The molecular weight excluding hydrogens is 504 g/mol. The lowest BCUT2D eigenvalue weighted by Crippen LogP contribution is -2.29. The predicted molar refractivity (Wildman–Crippen MR) is 150 cm³/mol. The number of pyridine rings is 1. The number of aromatic nitrogens is 1. The van der Waals surface area contributed by atoms with Crippen LogP contribution in [0.25, 0.3) is 5.76 Å². The number of aliphatic hydroxyl groups is 1. The van der Waals surface area contributed by atoms with E-state index < -0.39 is 17.7 Å². The number of hydrogen-bond donors (Lipinski definition) is 1. The number of ether oxygens (including phenoxy) is 2. The molecule has 200 valence electrons. The van der Waals surface area contributed by atoms with Crippen LogP contribution in [-0.2, 0) is 29.2 Å². The number of likely N-dealkylation sites (tertiary alicyclic amines) is 1. The molecule has 1 N–H and O–H groups in total. The molecule has 7 heteroatoms. The highest BCUT2D eigenvalue weighted by Crippen LogP contribution is 2.42. The maximum atomic E-state index is 13.5. The molecular formula is C33H28N2O5. The van der Waals surface area contributed by atoms with Crippen molar-refractivity contribution >= 4 is 17.4 Å². The molecule has 4 aromatic rings. The van der Waals surface area contributed by atoms with Crippen LogP contribution in [-0.4, -0.2) is 32.8 Å². The van der Waals surface area contributed by atoms with Crippen molar-refractivity contribution in [2.75, 3.05) is 0 Å². The molecule has 2 aliphatic heterocycles. The van der Waals surface area contributed by atoms with Crippen molar-refractivity contribution in [2.45, 2.75) is 38.6 Å². The summed E-state index contributed by atoms with van der Waals surface area (Å²) in [4.78, 5) is 32.5. The smallest absolute Gasteiger partial charge is 0.295 e. The number of carbonyl (C=O) groups excluding carboxylic acids is 2. The Kier molecular flexibility index (Phi) is 6.78. The fourth-order valence-corrected chi connectivity index (χ4v) is 5.31. The van der Waals surface area contributed by atoms with E-state index >= 15 is 0 Å². The fourth-order valence-electron chi connectivity index (χ4n) is 5.31. The number of fused-ring (bicyclic) bond motifs is 1. The van der Waals surface area contributed by atoms with Crippen molar-refractivity contribution in [2.24, 2.45) is 0 Å². The van der Waals surface area contributed by atoms with E-state index in [9.17, 15) is 14.7 Å². The summed E-state index contributed by atoms with van der Waals surface area (Å²) in [5, 5.41) is 11.5. The Morgan fingerprint density at radius 1 is 0.975 bits per heavy atom. The topological polar surface area (TPSA) is 89.0 Å². The van der Waals surface area contributed by atoms with Gasteiger partial charge in [-0.3, -0.25) is 14.6 Å². The summed E-state index contributed by atoms with van der Waals surface area (Å²) in [5.74, 6) is -0.241. The number of hydrogen-bond acceptors (Lipinski definition) is 6. The van der Waals surface area contributed by atoms with Crippen LogP contribution >= 0.6 is 0 Å². The summed E-state index contributed by atoms with van der Waals surface area (Å²) in [7, 11) is 0. The Morgan fingerprint density at radius 2 is 1.77 bits per heavy atom. The SMILES string of the molecule is CC1Cc2cc(/C(O)=C3/C(=O)C(=O)N(Cc4ccncc4)C3c3cccc(OCc4ccccc4)c3)ccc2O1. The van der Waals surface area contributed by atoms with Gasteiger partial charge in [0.25, 0.3) is 11.7 Å². The van der Waals surface area contributed by atoms with E-state index in [1.165, 1.54) is 4.90 Å². The number of rotatable bonds is 7. The molecule has 2 atom stereocenters. The van der Waals surface area contributed by atoms with Crippen molar-refractivity contribution in [3.63, 3.8) is 0 Å². The number of ketones is 1. The molecule has 40 heavy (non-hydrogen) atoms. The van der Waals surface area contributed by atoms with Crippen LogP contribution in [0.4, 0.5) is 0 Å². The molecule has 6 rings (SSSR count). The van der Waals surface area contributed by atoms with E-state index in [1.54, 1.807) is 36.7 Å². The lowest BCUT2D eigenvalue weighted by atomic mass is 9.94. The van der Waals surface area contributed by atoms with Crippen LogP contribution in [0.1, 0.15) is 40.8 Å². The minimum Gasteiger partial charge on any atom is -0.507 e. The predicted octanol–water partition coefficient (Wildman–Crippen LogP) is 5.61. The molecule has 2 unspecified atom stereocenters. The molecule has 7 nitrogen and oxygen atoms in total. The maximum absolute atomic E-state index is 13.5. The van der Waals surface area contributed by atoms with Crippen molar-refractivity contribution in [1.29, 1.82) is 0 Å². The first-order valence-electron chi connectivity index (χ1n) is 13.2. The second-order valence-electron chi connectivity index (χ2n) is 10.1. The molecule has 0 bridgehead atoms. The summed E-state index contributed by atoms with van der Waals surface area (Å²) in [5.41, 5.74) is 3.98. The van der Waals surface area contributed by atoms with Crippen molar-refractivity contribution in [3.05, 3.63) is 131 Å². The summed E-state index contributed by atoms with van der Waals surface area (Å²) < 4.78 is 11.9. The van der Waals surface area contributed by atoms with Gasteiger partial charge in [-0.05, 0) is 71.6 Å². The Hall–Kier alpha value is -4.91. The summed E-state index contributed by atoms with van der Waals surface area (Å²) >= 11 is 0. The average molecular weight is 533 g/mol. The van der Waals surface area contributed by atoms with Gasteiger partial charge in [-0.15, -0.1) is 0 Å². The molecule has 0 radical (unpaired) electrons. The van der Waals surface area contributed by atoms with Gasteiger partial charge in [-0.2, -0.15) is 0 Å². The zero-order valence-electron chi connectivity index (χ0n) is 22.0. The van der Waals surface area contributed by atoms with Gasteiger partial charge >= 0.3 is 0 Å². The minimum absolute atomic E-state index is 0.0389. The third-order valence-electron chi connectivity index (χ3n) is 7.23. The Bertz CT molecular complexity index is 1600. The normalized spacial score (nSPS) is 19.4. The van der Waals surface area contributed by atoms with Crippen molar-refractivity contribution < 1.29 is 24.2 Å². The Labute approximate surface area is 232 Å². The number of benzene rings is 3. The molecule has 0 spiro atoms. The van der Waals surface area contributed by atoms with Crippen molar-refractivity contribution in [3.8, 4) is 11.5 Å². The van der Waals surface area contributed by atoms with E-state index in [-0.39, 0.29) is 24.0 Å². The molecule has 1 amide bonds. The molecule has 0 saturated carbocycles. The first-order chi connectivity index (χ1) is 19.5. The molecule has 3 heterocycles. The molecule has 1 saturated heterocycles. The second kappa shape index (κ2) is 10.7. The number of Topliss-reactive ketones (excluding diaryl/α,β-unsaturated/α-hetero) is 1. The summed E-state index contributed by atoms with van der Waals surface area (Å²) in [6.07, 6.45) is 4.04. The number of nitrogens with zero attached hydrogens (tertiary/aromatic N) is 2. The lowest BCUT2D eigenvalue weighted by molar-refractivity contribution is -0.140. The first kappa shape index (κ1) is 25.4. The van der Waals surface area contributed by atoms with Gasteiger partial charge in [-0.1, -0.05) is 42.5 Å². The highest BCUT2D eigenvalue weighted by molar-refractivity contribution is 6.46. The quantitative estimate of drug-likeness (QED) is 0.189. The standard InChI is InChI=1S/C33H28N2O5/c1-21-16-26-17-25(10-11-28(26)40-21)31(36)29-30(35(33(38)32(29)37)19-22-12-14-34-15-13-22)24-8-5-9-27(18-24)39-20-23-6-3-2-4-7-23/h2-15,17-18,21,30,36H,16,19-20H2,1H3/b31-29-. The second-order valence-corrected chi connectivity index (χ2v) is 10.1. The van der Waals surface area contributed by atoms with Gasteiger partial charge in [0.05, 0.1) is 11.6 Å². The monoisotopic (exact) mass is 532 g/mol. The molecule has 1 fully saturated rings. The summed E-state index contributed by atoms with van der Waals surface area (Å²) in [6.45, 7) is 2.54. The highest BCUT2D eigenvalue weighted by Gasteiger charge is 2.46. The van der Waals surface area contributed by atoms with E-state index in [4.69, 9.17) is 9.47 Å². The zero-order chi connectivity index (χ0) is 27.6. The maximum Gasteiger partial charge on any atom is 0.295 e. The van der Waals surface area contributed by atoms with Crippen LogP contribution in [0.15, 0.2) is 103 Å². The van der Waals surface area contributed by atoms with Crippen LogP contribution in [0.3, 0.4) is 0 Å². The van der Waals surface area contributed by atoms with Gasteiger partial charge in [0, 0.05) is 30.9 Å². The molecule has 2 aliphatic rings. The number of carbonyl (C=O) groups is 2. The van der Waals surface area contributed by atoms with Gasteiger partial charge in [-0.25, -0.2) is 0 Å². The van der Waals surface area contributed by atoms with Gasteiger partial charge in [0.1, 0.15) is 30.0 Å². The van der Waals surface area contributed by atoms with E-state index in [2.05, 4.69) is 4.98 Å². The highest BCUT2D eigenvalue weighted by atomic mass is 16.5. The minimum atomic E-state index is -0.808. The van der Waals surface area contributed by atoms with Crippen molar-refractivity contribution in [1.82, 2.24) is 9.88 Å². The van der Waals surface area contributed by atoms with Gasteiger partial charge in [0.2, 0.25) is 0 Å². The third-order valence-corrected chi connectivity index (χ3v) is 7.23. The van der Waals surface area contributed by atoms with Gasteiger partial charge < -0.3 is 19.5 Å². The first-order valence-corrected chi connectivity index (χ1v) is 13.2. The largest absolute Gasteiger partial charge is 0.507 e. The van der Waals surface area contributed by atoms with E-state index in [1.807, 2.05) is 67.6 Å². The van der Waals surface area contributed by atoms with Crippen LogP contribution < -0.4 is 9.47 Å². The van der Waals surface area contributed by atoms with Crippen LogP contribution in [0.2, 0.25) is 0 Å². The van der Waals surface area contributed by atoms with E-state index in [0.717, 1.165) is 22.4 Å². The third kappa shape index (κ3) is 4.94. The average Bonchev–Trinajstić information content (AvgIpc) is 3.48. The van der Waals surface area contributed by atoms with Crippen LogP contribution in [0, 0.1) is 0 Å². The number of aliphatic hydroxyl groups excluding tert-OH is 1. The summed E-state index contributed by atoms with van der Waals surface area (Å²) in [6, 6.07) is 25.3. The zero-order valence-corrected chi connectivity index (χ0v) is 22.0. The van der Waals surface area contributed by atoms with Gasteiger partial charge in [0.15, 0.2) is 0 Å². The number of amides is 1. The molecule has 0 aliphatic carbocycles.